The van der Waals surface area contributed by atoms with E-state index in [9.17, 15) is 101 Å². The number of phenolic OH excluding ortho intramolecular Hbond substituents is 1. The monoisotopic (exact) mass is 1340 g/mol. The molecule has 35 nitrogen and oxygen atoms in total. The molecule has 0 aliphatic heterocycles. The van der Waals surface area contributed by atoms with Crippen molar-refractivity contribution < 1.29 is 120 Å². The number of phenols is 1. The van der Waals surface area contributed by atoms with Gasteiger partial charge in [0, 0.05) is 77.2 Å². The smallest absolute Gasteiger partial charge is 0.325 e. The molecule has 0 fully saturated rings. The van der Waals surface area contributed by atoms with Crippen LogP contribution in [0.2, 0.25) is 0 Å². The Bertz CT molecular complexity index is 2920. The first-order chi connectivity index (χ1) is 45.0. The summed E-state index contributed by atoms with van der Waals surface area (Å²) >= 11 is 0. The Labute approximate surface area is 546 Å². The zero-order chi connectivity index (χ0) is 71.4. The van der Waals surface area contributed by atoms with Crippen molar-refractivity contribution in [3.8, 4) is 5.75 Å². The maximum Gasteiger partial charge on any atom is 0.325 e. The molecule has 35 heteroatoms. The van der Waals surface area contributed by atoms with Crippen LogP contribution in [0.5, 0.6) is 5.75 Å². The third-order valence-electron chi connectivity index (χ3n) is 13.5. The van der Waals surface area contributed by atoms with Gasteiger partial charge in [0.15, 0.2) is 28.9 Å². The molecule has 0 saturated carbocycles. The Kier molecular flexibility index (Phi) is 40.6. The predicted molar refractivity (Wildman–Crippen MR) is 325 cm³/mol. The highest BCUT2D eigenvalue weighted by Gasteiger charge is 2.27. The zero-order valence-corrected chi connectivity index (χ0v) is 53.8. The van der Waals surface area contributed by atoms with Crippen LogP contribution < -0.4 is 31.9 Å². The standard InChI is InChI=1S/C60H84N10O25/c1-39(72)9-6-7-11-48(79)62-26-42(74)17-22-54(85)68(35-58(89)93-3)31-45(77)16-20-49(80)64-28-55(86)69(36-59(90)94-4)32-51(82)61-24-8-10-44(76)30-67(34-57(88)92-2)53(84)23-18-43(75)27-63-52(83)33-70(37-60(91)95-5)56(87)29-65-50(81)21-19-47(78)46(66-38-71)25-40-12-14-41(73)15-13-40/h12-15,38,46,73H,6-11,16-37H2,1-5H3,(H,61,82)(H,62,79)(H,63,83)(H,64,80)(H,65,81)(H,66,71)/t46-/m0/s1. The minimum Gasteiger partial charge on any atom is -0.508 e. The molecule has 0 bridgehead atoms. The van der Waals surface area contributed by atoms with E-state index in [1.165, 1.54) is 19.1 Å². The number of aromatic hydroxyl groups is 1. The molecule has 7 N–H and O–H groups in total. The van der Waals surface area contributed by atoms with Gasteiger partial charge in [-0.25, -0.2) is 0 Å². The fraction of sp³-hybridized carbons (Fsp3) is 0.567. The summed E-state index contributed by atoms with van der Waals surface area (Å²) in [5.74, 6) is -14.1. The molecule has 0 heterocycles. The van der Waals surface area contributed by atoms with E-state index < -0.39 is 223 Å². The van der Waals surface area contributed by atoms with Crippen molar-refractivity contribution in [3.05, 3.63) is 29.8 Å². The molecule has 0 radical (unpaired) electrons. The minimum atomic E-state index is -1.00. The lowest BCUT2D eigenvalue weighted by Gasteiger charge is -2.22. The van der Waals surface area contributed by atoms with Gasteiger partial charge < -0.3 is 80.3 Å². The number of nitrogens with zero attached hydrogens (tertiary/aromatic N) is 4. The van der Waals surface area contributed by atoms with Crippen molar-refractivity contribution in [1.82, 2.24) is 51.5 Å². The quantitative estimate of drug-likeness (QED) is 0.0140. The molecule has 0 unspecified atom stereocenters. The second-order valence-corrected chi connectivity index (χ2v) is 21.1. The molecule has 524 valence electrons. The number of benzene rings is 1. The molecular weight excluding hydrogens is 1260 g/mol. The lowest BCUT2D eigenvalue weighted by Crippen LogP contribution is -2.48. The molecule has 0 aliphatic carbocycles. The molecule has 1 atom stereocenters. The molecule has 0 spiro atoms. The number of hydrogen-bond acceptors (Lipinski definition) is 25. The van der Waals surface area contributed by atoms with Gasteiger partial charge in [0.25, 0.3) is 0 Å². The Balaban J connectivity index is 2.70. The van der Waals surface area contributed by atoms with Crippen molar-refractivity contribution >= 4 is 118 Å². The van der Waals surface area contributed by atoms with E-state index in [0.717, 1.165) is 43.1 Å². The average Bonchev–Trinajstić information content (AvgIpc) is 2.14. The van der Waals surface area contributed by atoms with Gasteiger partial charge in [0.1, 0.15) is 50.8 Å². The topological polar surface area (TPSA) is 484 Å². The van der Waals surface area contributed by atoms with Crippen molar-refractivity contribution in [2.24, 2.45) is 0 Å². The molecule has 10 amide bonds. The number of nitrogens with one attached hydrogen (secondary N) is 6. The van der Waals surface area contributed by atoms with Gasteiger partial charge in [-0.15, -0.1) is 0 Å². The van der Waals surface area contributed by atoms with E-state index in [4.69, 9.17) is 0 Å². The summed E-state index contributed by atoms with van der Waals surface area (Å²) in [5.41, 5.74) is 0.609. The zero-order valence-electron chi connectivity index (χ0n) is 53.8. The largest absolute Gasteiger partial charge is 0.508 e. The number of amides is 10. The van der Waals surface area contributed by atoms with Gasteiger partial charge in [-0.05, 0) is 50.3 Å². The van der Waals surface area contributed by atoms with E-state index in [1.807, 2.05) is 0 Å². The van der Waals surface area contributed by atoms with Crippen LogP contribution >= 0.6 is 0 Å². The summed E-state index contributed by atoms with van der Waals surface area (Å²) in [6, 6.07) is 4.87. The van der Waals surface area contributed by atoms with Gasteiger partial charge in [0.2, 0.25) is 59.6 Å². The Hall–Kier alpha value is -10.4. The highest BCUT2D eigenvalue weighted by molar-refractivity contribution is 5.97. The van der Waals surface area contributed by atoms with Crippen LogP contribution in [0.25, 0.3) is 0 Å². The van der Waals surface area contributed by atoms with Crippen LogP contribution in [0, 0.1) is 0 Å². The third-order valence-corrected chi connectivity index (χ3v) is 13.5. The molecule has 0 saturated heterocycles. The maximum absolute atomic E-state index is 13.2. The van der Waals surface area contributed by atoms with Gasteiger partial charge in [-0.1, -0.05) is 12.1 Å². The Morgan fingerprint density at radius 1 is 0.400 bits per heavy atom. The number of hydrogen-bond donors (Lipinski definition) is 7. The average molecular weight is 1350 g/mol. The van der Waals surface area contributed by atoms with Crippen molar-refractivity contribution in [3.63, 3.8) is 0 Å². The van der Waals surface area contributed by atoms with Crippen LogP contribution in [0.1, 0.15) is 102 Å². The first-order valence-corrected chi connectivity index (χ1v) is 29.8. The van der Waals surface area contributed by atoms with E-state index in [1.54, 1.807) is 12.1 Å². The number of rotatable bonds is 50. The Morgan fingerprint density at radius 3 is 1.22 bits per heavy atom. The second kappa shape index (κ2) is 46.6. The van der Waals surface area contributed by atoms with Crippen LogP contribution in [0.3, 0.4) is 0 Å². The molecular formula is C60H84N10O25. The summed E-state index contributed by atoms with van der Waals surface area (Å²) < 4.78 is 18.4. The number of Topliss-reactive ketones (excluding diaryl/α,β-unsaturated/α-hetero) is 6. The summed E-state index contributed by atoms with van der Waals surface area (Å²) in [6.45, 7) is -7.04. The molecule has 1 rings (SSSR count). The highest BCUT2D eigenvalue weighted by Crippen LogP contribution is 2.13. The van der Waals surface area contributed by atoms with E-state index in [-0.39, 0.29) is 63.1 Å². The summed E-state index contributed by atoms with van der Waals surface area (Å²) in [6.07, 6.45) is -2.19. The lowest BCUT2D eigenvalue weighted by molar-refractivity contribution is -0.148. The molecule has 0 aromatic heterocycles. The number of unbranched alkanes of at least 4 members (excludes halogenated alkanes) is 1. The first kappa shape index (κ1) is 82.6. The SMILES string of the molecule is COC(=O)CN(CC(=O)CCCNC(=O)CN(CC(=O)OC)C(=O)CNC(=O)CCC(=O)CN(CC(=O)OC)C(=O)CCC(=O)CNC(=O)CCCCC(C)=O)C(=O)CCC(=O)CNC(=O)CN(CC(=O)OC)C(=O)CNC(=O)CCC(=O)[C@H](Cc1ccc(O)cc1)NC=O. The van der Waals surface area contributed by atoms with E-state index in [2.05, 4.69) is 50.8 Å². The fourth-order valence-corrected chi connectivity index (χ4v) is 8.12. The number of carbonyl (C=O) groups excluding carboxylic acids is 20. The first-order valence-electron chi connectivity index (χ1n) is 29.8. The van der Waals surface area contributed by atoms with Crippen LogP contribution in [-0.4, -0.2) is 262 Å². The second-order valence-electron chi connectivity index (χ2n) is 21.1. The van der Waals surface area contributed by atoms with Gasteiger partial charge >= 0.3 is 23.9 Å². The number of ketones is 6. The van der Waals surface area contributed by atoms with Crippen LogP contribution in [-0.2, 0) is 121 Å². The highest BCUT2D eigenvalue weighted by atomic mass is 16.5. The molecule has 1 aromatic carbocycles. The number of methoxy groups -OCH3 is 4. The minimum absolute atomic E-state index is 0.0111. The number of esters is 4. The van der Waals surface area contributed by atoms with Crippen LogP contribution in [0.15, 0.2) is 24.3 Å². The summed E-state index contributed by atoms with van der Waals surface area (Å²) in [7, 11) is 4.09. The van der Waals surface area contributed by atoms with Crippen molar-refractivity contribution in [2.45, 2.75) is 109 Å². The van der Waals surface area contributed by atoms with Gasteiger partial charge in [-0.3, -0.25) is 91.1 Å². The molecule has 0 aliphatic rings. The lowest BCUT2D eigenvalue weighted by atomic mass is 9.99. The molecule has 95 heavy (non-hydrogen) atoms. The molecule has 1 aromatic rings. The van der Waals surface area contributed by atoms with E-state index in [0.29, 0.717) is 36.1 Å². The van der Waals surface area contributed by atoms with Crippen molar-refractivity contribution in [1.29, 1.82) is 0 Å². The number of carbonyl (C=O) groups is 20. The fourth-order valence-electron chi connectivity index (χ4n) is 8.12. The third kappa shape index (κ3) is 38.3. The van der Waals surface area contributed by atoms with Gasteiger partial charge in [0.05, 0.1) is 73.7 Å². The Morgan fingerprint density at radius 2 is 0.779 bits per heavy atom. The normalized spacial score (nSPS) is 10.7. The van der Waals surface area contributed by atoms with Crippen LogP contribution in [0.4, 0.5) is 0 Å². The maximum atomic E-state index is 13.2. The van der Waals surface area contributed by atoms with Gasteiger partial charge in [-0.2, -0.15) is 0 Å². The summed E-state index contributed by atoms with van der Waals surface area (Å²) in [5, 5.41) is 23.5. The predicted octanol–water partition coefficient (Wildman–Crippen LogP) is -4.47. The van der Waals surface area contributed by atoms with Crippen molar-refractivity contribution in [2.75, 3.05) is 114 Å². The van der Waals surface area contributed by atoms with E-state index >= 15 is 0 Å². The summed E-state index contributed by atoms with van der Waals surface area (Å²) in [4.78, 5) is 253. The number of ether oxygens (including phenoxy) is 4.